The summed E-state index contributed by atoms with van der Waals surface area (Å²) in [4.78, 5) is 30.6. The summed E-state index contributed by atoms with van der Waals surface area (Å²) in [6, 6.07) is 16.7. The number of nitrogens with zero attached hydrogens (tertiary/aromatic N) is 4. The van der Waals surface area contributed by atoms with Crippen LogP contribution in [0.1, 0.15) is 10.4 Å². The summed E-state index contributed by atoms with van der Waals surface area (Å²) >= 11 is 0. The second-order valence-electron chi connectivity index (χ2n) is 7.46. The molecule has 5 aromatic rings. The average Bonchev–Trinajstić information content (AvgIpc) is 3.29. The van der Waals surface area contributed by atoms with E-state index in [9.17, 15) is 4.79 Å². The summed E-state index contributed by atoms with van der Waals surface area (Å²) in [5.74, 6) is 1.72. The van der Waals surface area contributed by atoms with E-state index in [2.05, 4.69) is 25.3 Å². The fraction of sp³-hybridized carbons (Fsp3) is 0.0833. The molecule has 32 heavy (non-hydrogen) atoms. The largest absolute Gasteiger partial charge is 0.438 e. The van der Waals surface area contributed by atoms with Crippen molar-refractivity contribution in [2.24, 2.45) is 0 Å². The lowest BCUT2D eigenvalue weighted by Gasteiger charge is -2.12. The molecular weight excluding hydrogens is 404 g/mol. The second-order valence-corrected chi connectivity index (χ2v) is 7.46. The molecule has 158 valence electrons. The number of anilines is 2. The number of amides is 1. The molecule has 0 fully saturated rings. The quantitative estimate of drug-likeness (QED) is 0.428. The van der Waals surface area contributed by atoms with E-state index < -0.39 is 0 Å². The van der Waals surface area contributed by atoms with Gasteiger partial charge in [-0.1, -0.05) is 12.1 Å². The van der Waals surface area contributed by atoms with E-state index in [4.69, 9.17) is 4.74 Å². The molecule has 0 aliphatic rings. The molecule has 2 aromatic carbocycles. The van der Waals surface area contributed by atoms with Gasteiger partial charge < -0.3 is 19.9 Å². The maximum atomic E-state index is 12.9. The third kappa shape index (κ3) is 3.69. The first-order valence-electron chi connectivity index (χ1n) is 10.0. The Bertz CT molecular complexity index is 1430. The van der Waals surface area contributed by atoms with E-state index in [1.54, 1.807) is 18.5 Å². The van der Waals surface area contributed by atoms with E-state index in [0.717, 1.165) is 22.0 Å². The Morgan fingerprint density at radius 2 is 1.91 bits per heavy atom. The Kier molecular flexibility index (Phi) is 4.87. The summed E-state index contributed by atoms with van der Waals surface area (Å²) in [5.41, 5.74) is 1.92. The van der Waals surface area contributed by atoms with E-state index in [-0.39, 0.29) is 5.91 Å². The van der Waals surface area contributed by atoms with Crippen LogP contribution in [-0.2, 0) is 0 Å². The molecule has 0 unspecified atom stereocenters. The number of carbonyl (C=O) groups excluding carboxylic acids is 1. The van der Waals surface area contributed by atoms with Gasteiger partial charge in [0.25, 0.3) is 5.91 Å². The van der Waals surface area contributed by atoms with Gasteiger partial charge in [0, 0.05) is 25.9 Å². The molecule has 0 atom stereocenters. The zero-order valence-corrected chi connectivity index (χ0v) is 17.5. The highest BCUT2D eigenvalue weighted by atomic mass is 16.5. The molecular formula is C24H20N6O2. The fourth-order valence-electron chi connectivity index (χ4n) is 3.49. The summed E-state index contributed by atoms with van der Waals surface area (Å²) in [6.07, 6.45) is 4.90. The van der Waals surface area contributed by atoms with Gasteiger partial charge in [-0.3, -0.25) is 4.79 Å². The van der Waals surface area contributed by atoms with Crippen LogP contribution < -0.4 is 15.0 Å². The first-order chi connectivity index (χ1) is 15.6. The number of benzene rings is 2. The number of pyridine rings is 1. The van der Waals surface area contributed by atoms with Gasteiger partial charge in [-0.25, -0.2) is 15.0 Å². The van der Waals surface area contributed by atoms with Crippen molar-refractivity contribution in [3.05, 3.63) is 78.9 Å². The topological polar surface area (TPSA) is 96.0 Å². The molecule has 2 N–H and O–H groups in total. The van der Waals surface area contributed by atoms with Gasteiger partial charge in [0.2, 0.25) is 5.88 Å². The molecule has 0 saturated carbocycles. The van der Waals surface area contributed by atoms with Gasteiger partial charge in [0.1, 0.15) is 23.5 Å². The molecule has 0 aliphatic heterocycles. The lowest BCUT2D eigenvalue weighted by molar-refractivity contribution is 0.102. The van der Waals surface area contributed by atoms with Crippen molar-refractivity contribution in [2.75, 3.05) is 24.3 Å². The minimum absolute atomic E-state index is 0.200. The molecule has 5 rings (SSSR count). The van der Waals surface area contributed by atoms with Crippen molar-refractivity contribution >= 4 is 39.2 Å². The number of aromatic nitrogens is 4. The molecule has 0 bridgehead atoms. The highest BCUT2D eigenvalue weighted by Crippen LogP contribution is 2.30. The first-order valence-corrected chi connectivity index (χ1v) is 10.0. The van der Waals surface area contributed by atoms with Crippen LogP contribution in [0.2, 0.25) is 0 Å². The molecule has 0 aliphatic carbocycles. The zero-order valence-electron chi connectivity index (χ0n) is 17.5. The van der Waals surface area contributed by atoms with Crippen LogP contribution in [0.3, 0.4) is 0 Å². The number of aromatic amines is 1. The van der Waals surface area contributed by atoms with E-state index in [1.165, 1.54) is 6.33 Å². The monoisotopic (exact) mass is 424 g/mol. The summed E-state index contributed by atoms with van der Waals surface area (Å²) in [7, 11) is 3.83. The van der Waals surface area contributed by atoms with Crippen LogP contribution >= 0.6 is 0 Å². The smallest absolute Gasteiger partial charge is 0.256 e. The van der Waals surface area contributed by atoms with E-state index in [0.29, 0.717) is 28.5 Å². The van der Waals surface area contributed by atoms with Gasteiger partial charge >= 0.3 is 0 Å². The number of H-pyrrole nitrogens is 1. The molecule has 8 nitrogen and oxygen atoms in total. The fourth-order valence-corrected chi connectivity index (χ4v) is 3.49. The van der Waals surface area contributed by atoms with Crippen molar-refractivity contribution in [1.82, 2.24) is 19.9 Å². The molecule has 0 saturated heterocycles. The Hall–Kier alpha value is -4.46. The van der Waals surface area contributed by atoms with Crippen LogP contribution in [0.25, 0.3) is 21.8 Å². The lowest BCUT2D eigenvalue weighted by atomic mass is 10.0. The van der Waals surface area contributed by atoms with Crippen LogP contribution in [0.4, 0.5) is 11.5 Å². The van der Waals surface area contributed by atoms with Crippen LogP contribution in [0, 0.1) is 0 Å². The predicted molar refractivity (Wildman–Crippen MR) is 124 cm³/mol. The summed E-state index contributed by atoms with van der Waals surface area (Å²) in [6.45, 7) is 0. The van der Waals surface area contributed by atoms with E-state index >= 15 is 0 Å². The van der Waals surface area contributed by atoms with Gasteiger partial charge in [0.15, 0.2) is 0 Å². The molecule has 1 amide bonds. The predicted octanol–water partition coefficient (Wildman–Crippen LogP) is 4.62. The van der Waals surface area contributed by atoms with Crippen molar-refractivity contribution in [3.63, 3.8) is 0 Å². The third-order valence-corrected chi connectivity index (χ3v) is 5.09. The zero-order chi connectivity index (χ0) is 22.1. The van der Waals surface area contributed by atoms with Crippen molar-refractivity contribution < 1.29 is 9.53 Å². The van der Waals surface area contributed by atoms with Gasteiger partial charge in [-0.15, -0.1) is 0 Å². The lowest BCUT2D eigenvalue weighted by Crippen LogP contribution is -2.14. The normalized spacial score (nSPS) is 10.9. The van der Waals surface area contributed by atoms with E-state index in [1.807, 2.05) is 67.5 Å². The Morgan fingerprint density at radius 3 is 2.72 bits per heavy atom. The minimum Gasteiger partial charge on any atom is -0.438 e. The molecule has 8 heteroatoms. The highest BCUT2D eigenvalue weighted by molar-refractivity contribution is 6.13. The third-order valence-electron chi connectivity index (χ3n) is 5.09. The maximum absolute atomic E-state index is 12.9. The second kappa shape index (κ2) is 7.99. The van der Waals surface area contributed by atoms with Crippen LogP contribution in [0.5, 0.6) is 11.6 Å². The number of fused-ring (bicyclic) bond motifs is 2. The van der Waals surface area contributed by atoms with Crippen molar-refractivity contribution in [3.8, 4) is 11.6 Å². The Labute approximate surface area is 183 Å². The summed E-state index contributed by atoms with van der Waals surface area (Å²) < 4.78 is 6.00. The first kappa shape index (κ1) is 19.5. The number of ether oxygens (including phenoxy) is 1. The van der Waals surface area contributed by atoms with Crippen molar-refractivity contribution in [2.45, 2.75) is 0 Å². The number of hydrogen-bond acceptors (Lipinski definition) is 6. The molecule has 3 aromatic heterocycles. The highest BCUT2D eigenvalue weighted by Gasteiger charge is 2.13. The van der Waals surface area contributed by atoms with Crippen molar-refractivity contribution in [1.29, 1.82) is 0 Å². The number of hydrogen-bond donors (Lipinski definition) is 2. The van der Waals surface area contributed by atoms with Gasteiger partial charge in [-0.05, 0) is 53.2 Å². The molecule has 0 spiro atoms. The average molecular weight is 424 g/mol. The van der Waals surface area contributed by atoms with Gasteiger partial charge in [0.05, 0.1) is 17.3 Å². The maximum Gasteiger partial charge on any atom is 0.256 e. The number of rotatable bonds is 5. The molecule has 0 radical (unpaired) electrons. The van der Waals surface area contributed by atoms with Gasteiger partial charge in [-0.2, -0.15) is 0 Å². The summed E-state index contributed by atoms with van der Waals surface area (Å²) in [5, 5.41) is 5.43. The molecule has 3 heterocycles. The Balaban J connectivity index is 1.41. The Morgan fingerprint density at radius 1 is 1.00 bits per heavy atom. The van der Waals surface area contributed by atoms with Crippen LogP contribution in [-0.4, -0.2) is 39.9 Å². The van der Waals surface area contributed by atoms with Crippen LogP contribution in [0.15, 0.2) is 73.3 Å². The standard InChI is InChI=1S/C24H20N6O2/c1-30(2)21-9-6-16(13-26-21)29-23(31)19-5-3-4-15-12-17(7-8-18(15)19)32-24-20-10-11-25-22(20)27-14-28-24/h3-14H,1-2H3,(H,29,31)(H,25,27,28). The number of nitrogens with one attached hydrogen (secondary N) is 2. The number of carbonyl (C=O) groups is 1. The SMILES string of the molecule is CN(C)c1ccc(NC(=O)c2cccc3cc(Oc4ncnc5[nH]ccc45)ccc23)cn1. The minimum atomic E-state index is -0.200.